The van der Waals surface area contributed by atoms with Crippen LogP contribution >= 0.6 is 15.9 Å². The zero-order valence-corrected chi connectivity index (χ0v) is 11.7. The van der Waals surface area contributed by atoms with Crippen molar-refractivity contribution in [3.63, 3.8) is 0 Å². The molecule has 0 bridgehead atoms. The minimum atomic E-state index is 0.294. The summed E-state index contributed by atoms with van der Waals surface area (Å²) in [5, 5.41) is 12.8. The molecule has 0 atom stereocenters. The number of nitrogens with zero attached hydrogens (tertiary/aromatic N) is 1. The van der Waals surface area contributed by atoms with E-state index in [1.165, 1.54) is 18.4 Å². The smallest absolute Gasteiger partial charge is 0.129 e. The van der Waals surface area contributed by atoms with Crippen molar-refractivity contribution >= 4 is 15.9 Å². The molecule has 0 radical (unpaired) electrons. The first-order chi connectivity index (χ1) is 8.16. The van der Waals surface area contributed by atoms with Gasteiger partial charge in [0.1, 0.15) is 5.75 Å². The molecule has 3 nitrogen and oxygen atoms in total. The van der Waals surface area contributed by atoms with Crippen LogP contribution in [0, 0.1) is 0 Å². The van der Waals surface area contributed by atoms with Gasteiger partial charge in [0, 0.05) is 25.7 Å². The number of phenols is 1. The monoisotopic (exact) mass is 298 g/mol. The molecule has 0 aliphatic heterocycles. The topological polar surface area (TPSA) is 35.5 Å². The van der Waals surface area contributed by atoms with Crippen molar-refractivity contribution < 1.29 is 5.11 Å². The van der Waals surface area contributed by atoms with E-state index in [2.05, 4.69) is 33.2 Å². The van der Waals surface area contributed by atoms with Gasteiger partial charge in [-0.25, -0.2) is 0 Å². The molecule has 0 spiro atoms. The van der Waals surface area contributed by atoms with Gasteiger partial charge in [0.05, 0.1) is 4.47 Å². The van der Waals surface area contributed by atoms with Gasteiger partial charge >= 0.3 is 0 Å². The number of nitrogens with one attached hydrogen (secondary N) is 1. The van der Waals surface area contributed by atoms with Gasteiger partial charge in [0.2, 0.25) is 0 Å². The lowest BCUT2D eigenvalue weighted by atomic mass is 10.2. The molecule has 1 aliphatic carbocycles. The van der Waals surface area contributed by atoms with E-state index in [-0.39, 0.29) is 0 Å². The van der Waals surface area contributed by atoms with E-state index in [1.807, 2.05) is 12.1 Å². The van der Waals surface area contributed by atoms with E-state index >= 15 is 0 Å². The van der Waals surface area contributed by atoms with Crippen LogP contribution in [0.2, 0.25) is 0 Å². The van der Waals surface area contributed by atoms with E-state index in [0.29, 0.717) is 5.75 Å². The molecular weight excluding hydrogens is 280 g/mol. The van der Waals surface area contributed by atoms with Crippen molar-refractivity contribution in [3.05, 3.63) is 28.2 Å². The Balaban J connectivity index is 1.68. The van der Waals surface area contributed by atoms with Crippen molar-refractivity contribution in [1.82, 2.24) is 10.2 Å². The molecule has 0 unspecified atom stereocenters. The average Bonchev–Trinajstić information content (AvgIpc) is 3.13. The molecule has 4 heteroatoms. The van der Waals surface area contributed by atoms with Crippen LogP contribution in [-0.2, 0) is 6.54 Å². The first kappa shape index (κ1) is 12.9. The van der Waals surface area contributed by atoms with E-state index < -0.39 is 0 Å². The highest BCUT2D eigenvalue weighted by atomic mass is 79.9. The summed E-state index contributed by atoms with van der Waals surface area (Å²) in [5.74, 6) is 0.294. The third-order valence-corrected chi connectivity index (χ3v) is 3.79. The quantitative estimate of drug-likeness (QED) is 0.792. The zero-order chi connectivity index (χ0) is 12.3. The highest BCUT2D eigenvalue weighted by Crippen LogP contribution is 2.25. The highest BCUT2D eigenvalue weighted by molar-refractivity contribution is 9.10. The normalized spacial score (nSPS) is 15.5. The van der Waals surface area contributed by atoms with Crippen LogP contribution in [-0.4, -0.2) is 36.2 Å². The highest BCUT2D eigenvalue weighted by Gasteiger charge is 2.25. The lowest BCUT2D eigenvalue weighted by Gasteiger charge is -2.15. The van der Waals surface area contributed by atoms with Gasteiger partial charge in [0.25, 0.3) is 0 Å². The minimum Gasteiger partial charge on any atom is -0.507 e. The van der Waals surface area contributed by atoms with Gasteiger partial charge in [-0.2, -0.15) is 0 Å². The summed E-state index contributed by atoms with van der Waals surface area (Å²) >= 11 is 3.32. The first-order valence-corrected chi connectivity index (χ1v) is 6.84. The van der Waals surface area contributed by atoms with Crippen molar-refractivity contribution in [3.8, 4) is 5.75 Å². The molecule has 94 valence electrons. The van der Waals surface area contributed by atoms with Gasteiger partial charge in [0.15, 0.2) is 0 Å². The van der Waals surface area contributed by atoms with Crippen LogP contribution in [0.3, 0.4) is 0 Å². The van der Waals surface area contributed by atoms with E-state index in [9.17, 15) is 5.11 Å². The van der Waals surface area contributed by atoms with Crippen LogP contribution < -0.4 is 5.32 Å². The first-order valence-electron chi connectivity index (χ1n) is 6.05. The predicted octanol–water partition coefficient (Wildman–Crippen LogP) is 2.34. The lowest BCUT2D eigenvalue weighted by molar-refractivity contribution is 0.321. The van der Waals surface area contributed by atoms with Crippen molar-refractivity contribution in [2.45, 2.75) is 25.4 Å². The Morgan fingerprint density at radius 1 is 1.47 bits per heavy atom. The number of halogens is 1. The maximum atomic E-state index is 9.38. The number of rotatable bonds is 6. The third-order valence-electron chi connectivity index (χ3n) is 3.15. The van der Waals surface area contributed by atoms with Gasteiger partial charge in [-0.1, -0.05) is 6.07 Å². The Kier molecular flexibility index (Phi) is 4.42. The van der Waals surface area contributed by atoms with E-state index in [0.717, 1.165) is 30.1 Å². The second-order valence-corrected chi connectivity index (χ2v) is 5.53. The van der Waals surface area contributed by atoms with Crippen LogP contribution in [0.1, 0.15) is 18.4 Å². The average molecular weight is 299 g/mol. The number of hydrogen-bond donors (Lipinski definition) is 2. The Morgan fingerprint density at radius 2 is 2.24 bits per heavy atom. The summed E-state index contributed by atoms with van der Waals surface area (Å²) in [6.07, 6.45) is 2.73. The molecule has 0 saturated heterocycles. The Morgan fingerprint density at radius 3 is 2.88 bits per heavy atom. The third kappa shape index (κ3) is 3.98. The maximum Gasteiger partial charge on any atom is 0.129 e. The molecule has 1 saturated carbocycles. The fraction of sp³-hybridized carbons (Fsp3) is 0.538. The molecule has 1 fully saturated rings. The SMILES string of the molecule is CN(CCNCc1ccc(O)c(Br)c1)C1CC1. The largest absolute Gasteiger partial charge is 0.507 e. The van der Waals surface area contributed by atoms with Crippen LogP contribution in [0.5, 0.6) is 5.75 Å². The molecule has 17 heavy (non-hydrogen) atoms. The summed E-state index contributed by atoms with van der Waals surface area (Å²) in [4.78, 5) is 2.42. The molecule has 0 amide bonds. The summed E-state index contributed by atoms with van der Waals surface area (Å²) in [5.41, 5.74) is 1.18. The molecule has 1 aromatic carbocycles. The number of phenolic OH excluding ortho intramolecular Hbond substituents is 1. The molecule has 0 heterocycles. The number of hydrogen-bond acceptors (Lipinski definition) is 3. The fourth-order valence-electron chi connectivity index (χ4n) is 1.85. The van der Waals surface area contributed by atoms with Crippen LogP contribution in [0.15, 0.2) is 22.7 Å². The lowest BCUT2D eigenvalue weighted by Crippen LogP contribution is -2.30. The molecule has 2 rings (SSSR count). The molecule has 1 aromatic rings. The van der Waals surface area contributed by atoms with Crippen molar-refractivity contribution in [2.24, 2.45) is 0 Å². The standard InChI is InChI=1S/C13H19BrN2O/c1-16(11-3-4-11)7-6-15-9-10-2-5-13(17)12(14)8-10/h2,5,8,11,15,17H,3-4,6-7,9H2,1H3. The number of benzene rings is 1. The van der Waals surface area contributed by atoms with Gasteiger partial charge < -0.3 is 15.3 Å². The van der Waals surface area contributed by atoms with Crippen molar-refractivity contribution in [1.29, 1.82) is 0 Å². The number of likely N-dealkylation sites (N-methyl/N-ethyl adjacent to an activating group) is 1. The molecular formula is C13H19BrN2O. The second-order valence-electron chi connectivity index (χ2n) is 4.67. The van der Waals surface area contributed by atoms with E-state index in [4.69, 9.17) is 0 Å². The summed E-state index contributed by atoms with van der Waals surface area (Å²) in [6, 6.07) is 6.45. The Hall–Kier alpha value is -0.580. The molecule has 2 N–H and O–H groups in total. The Bertz CT molecular complexity index is 380. The maximum absolute atomic E-state index is 9.38. The predicted molar refractivity (Wildman–Crippen MR) is 73.2 cm³/mol. The summed E-state index contributed by atoms with van der Waals surface area (Å²) < 4.78 is 0.756. The number of aromatic hydroxyl groups is 1. The molecule has 0 aromatic heterocycles. The van der Waals surface area contributed by atoms with Crippen LogP contribution in [0.25, 0.3) is 0 Å². The molecule has 1 aliphatic rings. The van der Waals surface area contributed by atoms with Gasteiger partial charge in [-0.05, 0) is 53.5 Å². The summed E-state index contributed by atoms with van der Waals surface area (Å²) in [6.45, 7) is 2.95. The van der Waals surface area contributed by atoms with Crippen molar-refractivity contribution in [2.75, 3.05) is 20.1 Å². The fourth-order valence-corrected chi connectivity index (χ4v) is 2.27. The summed E-state index contributed by atoms with van der Waals surface area (Å²) in [7, 11) is 2.19. The zero-order valence-electron chi connectivity index (χ0n) is 10.1. The van der Waals surface area contributed by atoms with Gasteiger partial charge in [-0.3, -0.25) is 0 Å². The minimum absolute atomic E-state index is 0.294. The second kappa shape index (κ2) is 5.85. The Labute approximate surface area is 111 Å². The van der Waals surface area contributed by atoms with Gasteiger partial charge in [-0.15, -0.1) is 0 Å². The van der Waals surface area contributed by atoms with Crippen LogP contribution in [0.4, 0.5) is 0 Å². The van der Waals surface area contributed by atoms with E-state index in [1.54, 1.807) is 6.07 Å².